The van der Waals surface area contributed by atoms with Crippen LogP contribution in [0.5, 0.6) is 0 Å². The molecule has 3 aromatic rings. The van der Waals surface area contributed by atoms with E-state index in [1.165, 1.54) is 17.3 Å². The van der Waals surface area contributed by atoms with E-state index in [1.807, 2.05) is 19.1 Å². The molecular formula is C30H32N4O3S2. The Bertz CT molecular complexity index is 1490. The number of thioether (sulfide) groups is 1. The number of ether oxygens (including phenoxy) is 1. The summed E-state index contributed by atoms with van der Waals surface area (Å²) in [5.74, 6) is 1.07. The second-order valence-electron chi connectivity index (χ2n) is 10.6. The van der Waals surface area contributed by atoms with Gasteiger partial charge in [0.2, 0.25) is 0 Å². The molecule has 2 aromatic heterocycles. The van der Waals surface area contributed by atoms with Crippen LogP contribution in [0.4, 0.5) is 5.82 Å². The highest BCUT2D eigenvalue weighted by atomic mass is 32.2. The SMILES string of the molecule is Cc1cccn2c(=O)c(C=C3SC(=S)N(CC4CCCO4)C3=O)c(N3CCC(Cc4ccccc4)CC3)nc12. The van der Waals surface area contributed by atoms with E-state index in [0.29, 0.717) is 38.7 Å². The average Bonchev–Trinajstić information content (AvgIpc) is 3.56. The van der Waals surface area contributed by atoms with Gasteiger partial charge in [0.25, 0.3) is 11.5 Å². The van der Waals surface area contributed by atoms with Crippen LogP contribution >= 0.6 is 24.0 Å². The zero-order valence-electron chi connectivity index (χ0n) is 22.0. The summed E-state index contributed by atoms with van der Waals surface area (Å²) >= 11 is 6.81. The van der Waals surface area contributed by atoms with Gasteiger partial charge >= 0.3 is 0 Å². The number of rotatable bonds is 6. The molecule has 5 heterocycles. The van der Waals surface area contributed by atoms with Crippen molar-refractivity contribution < 1.29 is 9.53 Å². The predicted octanol–water partition coefficient (Wildman–Crippen LogP) is 4.84. The molecule has 3 fully saturated rings. The van der Waals surface area contributed by atoms with Gasteiger partial charge in [-0.15, -0.1) is 0 Å². The van der Waals surface area contributed by atoms with Crippen molar-refractivity contribution in [3.63, 3.8) is 0 Å². The van der Waals surface area contributed by atoms with Gasteiger partial charge in [-0.3, -0.25) is 18.9 Å². The van der Waals surface area contributed by atoms with Crippen LogP contribution in [0.25, 0.3) is 11.7 Å². The molecule has 0 N–H and O–H groups in total. The predicted molar refractivity (Wildman–Crippen MR) is 160 cm³/mol. The van der Waals surface area contributed by atoms with Gasteiger partial charge in [0.1, 0.15) is 15.8 Å². The Labute approximate surface area is 237 Å². The molecule has 0 radical (unpaired) electrons. The molecule has 6 rings (SSSR count). The van der Waals surface area contributed by atoms with Crippen LogP contribution < -0.4 is 10.5 Å². The summed E-state index contributed by atoms with van der Waals surface area (Å²) in [7, 11) is 0. The third-order valence-corrected chi connectivity index (χ3v) is 9.28. The number of aromatic nitrogens is 2. The summed E-state index contributed by atoms with van der Waals surface area (Å²) in [6.07, 6.45) is 8.49. The first kappa shape index (κ1) is 26.2. The lowest BCUT2D eigenvalue weighted by Crippen LogP contribution is -2.37. The average molecular weight is 561 g/mol. The maximum absolute atomic E-state index is 13.9. The minimum Gasteiger partial charge on any atom is -0.376 e. The van der Waals surface area contributed by atoms with E-state index < -0.39 is 0 Å². The molecule has 0 aliphatic carbocycles. The highest BCUT2D eigenvalue weighted by Crippen LogP contribution is 2.35. The minimum absolute atomic E-state index is 0.00975. The van der Waals surface area contributed by atoms with Gasteiger partial charge in [-0.1, -0.05) is 60.4 Å². The quantitative estimate of drug-likeness (QED) is 0.316. The van der Waals surface area contributed by atoms with E-state index >= 15 is 0 Å². The fourth-order valence-corrected chi connectivity index (χ4v) is 7.00. The normalized spacial score (nSPS) is 21.6. The van der Waals surface area contributed by atoms with Crippen molar-refractivity contribution in [3.05, 3.63) is 80.6 Å². The van der Waals surface area contributed by atoms with Crippen LogP contribution in [-0.4, -0.2) is 56.9 Å². The molecule has 3 aliphatic rings. The Morgan fingerprint density at radius 3 is 2.64 bits per heavy atom. The lowest BCUT2D eigenvalue weighted by atomic mass is 9.90. The van der Waals surface area contributed by atoms with E-state index in [-0.39, 0.29) is 17.6 Å². The molecule has 3 aliphatic heterocycles. The van der Waals surface area contributed by atoms with Gasteiger partial charge in [0.05, 0.1) is 23.1 Å². The van der Waals surface area contributed by atoms with Crippen molar-refractivity contribution in [2.24, 2.45) is 5.92 Å². The summed E-state index contributed by atoms with van der Waals surface area (Å²) in [6.45, 7) is 4.77. The van der Waals surface area contributed by atoms with Crippen LogP contribution in [0.15, 0.2) is 58.4 Å². The van der Waals surface area contributed by atoms with Crippen LogP contribution in [0.3, 0.4) is 0 Å². The minimum atomic E-state index is -0.172. The first-order valence-electron chi connectivity index (χ1n) is 13.7. The van der Waals surface area contributed by atoms with E-state index in [2.05, 4.69) is 35.2 Å². The van der Waals surface area contributed by atoms with Gasteiger partial charge < -0.3 is 9.64 Å². The molecule has 0 bridgehead atoms. The zero-order valence-corrected chi connectivity index (χ0v) is 23.7. The third kappa shape index (κ3) is 5.40. The summed E-state index contributed by atoms with van der Waals surface area (Å²) in [5, 5.41) is 0. The van der Waals surface area contributed by atoms with Crippen LogP contribution in [0.2, 0.25) is 0 Å². The fraction of sp³-hybridized carbons (Fsp3) is 0.400. The monoisotopic (exact) mass is 560 g/mol. The summed E-state index contributed by atoms with van der Waals surface area (Å²) in [6, 6.07) is 14.4. The number of hydrogen-bond acceptors (Lipinski definition) is 7. The van der Waals surface area contributed by atoms with Crippen molar-refractivity contribution in [2.45, 2.75) is 45.1 Å². The lowest BCUT2D eigenvalue weighted by molar-refractivity contribution is -0.123. The highest BCUT2D eigenvalue weighted by molar-refractivity contribution is 8.26. The first-order chi connectivity index (χ1) is 19.0. The lowest BCUT2D eigenvalue weighted by Gasteiger charge is -2.33. The number of benzene rings is 1. The van der Waals surface area contributed by atoms with Crippen LogP contribution in [0.1, 0.15) is 42.4 Å². The molecule has 7 nitrogen and oxygen atoms in total. The fourth-order valence-electron chi connectivity index (χ4n) is 5.74. The van der Waals surface area contributed by atoms with Crippen molar-refractivity contribution in [3.8, 4) is 0 Å². The molecule has 1 aromatic carbocycles. The molecule has 0 saturated carbocycles. The van der Waals surface area contributed by atoms with Crippen molar-refractivity contribution in [1.82, 2.24) is 14.3 Å². The van der Waals surface area contributed by atoms with Gasteiger partial charge in [0.15, 0.2) is 0 Å². The standard InChI is InChI=1S/C30H32N4O3S2/c1-20-7-5-13-33-26(20)31-27(32-14-11-22(12-15-32)17-21-8-3-2-4-9-21)24(28(33)35)18-25-29(36)34(30(38)39-25)19-23-10-6-16-37-23/h2-5,7-9,13,18,22-23H,6,10-12,14-17,19H2,1H3. The maximum atomic E-state index is 13.9. The van der Waals surface area contributed by atoms with Crippen molar-refractivity contribution in [1.29, 1.82) is 0 Å². The maximum Gasteiger partial charge on any atom is 0.267 e. The Hall–Kier alpha value is -3.01. The van der Waals surface area contributed by atoms with Gasteiger partial charge in [0, 0.05) is 25.9 Å². The summed E-state index contributed by atoms with van der Waals surface area (Å²) in [5.41, 5.74) is 3.21. The number of amides is 1. The smallest absolute Gasteiger partial charge is 0.267 e. The molecule has 39 heavy (non-hydrogen) atoms. The Morgan fingerprint density at radius 2 is 1.90 bits per heavy atom. The van der Waals surface area contributed by atoms with E-state index in [1.54, 1.807) is 21.6 Å². The second-order valence-corrected chi connectivity index (χ2v) is 12.3. The van der Waals surface area contributed by atoms with Gasteiger partial charge in [-0.25, -0.2) is 4.98 Å². The number of piperidine rings is 1. The molecule has 9 heteroatoms. The summed E-state index contributed by atoms with van der Waals surface area (Å²) in [4.78, 5) is 36.6. The van der Waals surface area contributed by atoms with E-state index in [0.717, 1.165) is 57.4 Å². The number of hydrogen-bond donors (Lipinski definition) is 0. The Kier molecular flexibility index (Phi) is 7.55. The topological polar surface area (TPSA) is 67.2 Å². The van der Waals surface area contributed by atoms with Crippen LogP contribution in [-0.2, 0) is 16.0 Å². The number of thiocarbonyl (C=S) groups is 1. The Morgan fingerprint density at radius 1 is 1.10 bits per heavy atom. The molecular weight excluding hydrogens is 528 g/mol. The molecule has 0 spiro atoms. The number of aryl methyl sites for hydroxylation is 1. The van der Waals surface area contributed by atoms with E-state index in [4.69, 9.17) is 21.9 Å². The number of carbonyl (C=O) groups excluding carboxylic acids is 1. The van der Waals surface area contributed by atoms with Gasteiger partial charge in [-0.05, 0) is 68.2 Å². The van der Waals surface area contributed by atoms with Crippen LogP contribution in [0, 0.1) is 12.8 Å². The molecule has 3 saturated heterocycles. The van der Waals surface area contributed by atoms with Gasteiger partial charge in [-0.2, -0.15) is 0 Å². The number of fused-ring (bicyclic) bond motifs is 1. The molecule has 1 amide bonds. The highest BCUT2D eigenvalue weighted by Gasteiger charge is 2.35. The molecule has 202 valence electrons. The van der Waals surface area contributed by atoms with Crippen molar-refractivity contribution >= 4 is 51.7 Å². The number of carbonyl (C=O) groups is 1. The number of anilines is 1. The molecule has 1 atom stereocenters. The molecule has 1 unspecified atom stereocenters. The number of pyridine rings is 1. The summed E-state index contributed by atoms with van der Waals surface area (Å²) < 4.78 is 7.83. The second kappa shape index (κ2) is 11.2. The Balaban J connectivity index is 1.31. The van der Waals surface area contributed by atoms with Crippen molar-refractivity contribution in [2.75, 3.05) is 31.1 Å². The largest absolute Gasteiger partial charge is 0.376 e. The number of nitrogens with zero attached hydrogens (tertiary/aromatic N) is 4. The van der Waals surface area contributed by atoms with E-state index in [9.17, 15) is 9.59 Å². The first-order valence-corrected chi connectivity index (χ1v) is 14.9. The zero-order chi connectivity index (χ0) is 26.9. The third-order valence-electron chi connectivity index (χ3n) is 7.90.